The van der Waals surface area contributed by atoms with E-state index in [1.54, 1.807) is 0 Å². The van der Waals surface area contributed by atoms with Crippen LogP contribution in [-0.2, 0) is 43.2 Å². The van der Waals surface area contributed by atoms with Gasteiger partial charge >= 0.3 is 5.97 Å². The Morgan fingerprint density at radius 3 is 1.71 bits per heavy atom. The predicted molar refractivity (Wildman–Crippen MR) is 171 cm³/mol. The maximum Gasteiger partial charge on any atom is 0.326 e. The predicted octanol–water partition coefficient (Wildman–Crippen LogP) is -7.17. The van der Waals surface area contributed by atoms with Crippen LogP contribution in [-0.4, -0.2) is 158 Å². The second-order valence-corrected chi connectivity index (χ2v) is 12.3. The summed E-state index contributed by atoms with van der Waals surface area (Å²) in [6, 6.07) is -10.4. The average Bonchev–Trinajstić information content (AvgIpc) is 3.77. The van der Waals surface area contributed by atoms with Crippen molar-refractivity contribution in [3.05, 3.63) is 0 Å². The molecule has 22 nitrogen and oxygen atoms in total. The van der Waals surface area contributed by atoms with Crippen molar-refractivity contribution in [1.29, 1.82) is 0 Å². The molecule has 0 bridgehead atoms. The summed E-state index contributed by atoms with van der Waals surface area (Å²) in [6.07, 6.45) is -1.90. The molecule has 0 spiro atoms. The van der Waals surface area contributed by atoms with Crippen LogP contribution in [0.2, 0.25) is 0 Å². The SMILES string of the molecule is C[C@@H](O)[C@H](N)C(=O)N[C@@H](CC(N)=O)C(=O)N[C@@H](CO)C(=O)N[C@@H](CCC(N)=O)C(=O)N1CCC[C@H]1C(=O)N[C@@H](CO)C(=O)N1CCC[C@H]1C(=O)O. The number of rotatable bonds is 19. The number of nitrogens with zero attached hydrogens (tertiary/aromatic N) is 2. The van der Waals surface area contributed by atoms with Crippen molar-refractivity contribution in [3.8, 4) is 0 Å². The van der Waals surface area contributed by atoms with E-state index in [0.29, 0.717) is 12.8 Å². The fourth-order valence-electron chi connectivity index (χ4n) is 5.62. The molecular formula is C29H47N9O13. The summed E-state index contributed by atoms with van der Waals surface area (Å²) in [4.78, 5) is 115. The Bertz CT molecular complexity index is 1350. The second-order valence-electron chi connectivity index (χ2n) is 12.3. The normalized spacial score (nSPS) is 20.6. The molecular weight excluding hydrogens is 682 g/mol. The van der Waals surface area contributed by atoms with Gasteiger partial charge in [0.25, 0.3) is 0 Å². The second kappa shape index (κ2) is 19.5. The summed E-state index contributed by atoms with van der Waals surface area (Å²) in [5, 5.41) is 47.7. The number of aliphatic hydroxyl groups excluding tert-OH is 3. The monoisotopic (exact) mass is 729 g/mol. The first-order chi connectivity index (χ1) is 23.9. The minimum atomic E-state index is -1.78. The van der Waals surface area contributed by atoms with E-state index in [4.69, 9.17) is 17.2 Å². The highest BCUT2D eigenvalue weighted by Crippen LogP contribution is 2.22. The summed E-state index contributed by atoms with van der Waals surface area (Å²) in [6.45, 7) is -0.619. The van der Waals surface area contributed by atoms with Gasteiger partial charge in [0.1, 0.15) is 42.3 Å². The number of nitrogens with one attached hydrogen (secondary N) is 4. The number of hydrogen-bond acceptors (Lipinski definition) is 13. The Balaban J connectivity index is 2.20. The summed E-state index contributed by atoms with van der Waals surface area (Å²) in [7, 11) is 0. The topological polar surface area (TPSA) is 367 Å². The van der Waals surface area contributed by atoms with Gasteiger partial charge in [0.15, 0.2) is 0 Å². The van der Waals surface area contributed by atoms with E-state index in [2.05, 4.69) is 21.3 Å². The minimum Gasteiger partial charge on any atom is -0.480 e. The third-order valence-corrected chi connectivity index (χ3v) is 8.43. The Morgan fingerprint density at radius 2 is 1.20 bits per heavy atom. The quantitative estimate of drug-likeness (QED) is 0.0589. The van der Waals surface area contributed by atoms with E-state index < -0.39 is 128 Å². The van der Waals surface area contributed by atoms with Crippen LogP contribution in [0.15, 0.2) is 0 Å². The Labute approximate surface area is 291 Å². The molecule has 0 saturated carbocycles. The molecule has 2 rings (SSSR count). The van der Waals surface area contributed by atoms with E-state index in [-0.39, 0.29) is 32.4 Å². The van der Waals surface area contributed by atoms with E-state index in [0.717, 1.165) is 9.80 Å². The molecule has 2 aliphatic rings. The van der Waals surface area contributed by atoms with Gasteiger partial charge in [0, 0.05) is 19.5 Å². The molecule has 2 fully saturated rings. The van der Waals surface area contributed by atoms with Gasteiger partial charge < -0.3 is 68.7 Å². The molecule has 2 heterocycles. The number of carboxylic acid groups (broad SMARTS) is 1. The number of carbonyl (C=O) groups is 9. The van der Waals surface area contributed by atoms with Crippen molar-refractivity contribution >= 4 is 53.2 Å². The van der Waals surface area contributed by atoms with Crippen molar-refractivity contribution in [1.82, 2.24) is 31.1 Å². The first kappa shape index (κ1) is 42.2. The molecule has 8 atom stereocenters. The first-order valence-electron chi connectivity index (χ1n) is 16.2. The molecule has 286 valence electrons. The number of nitrogens with two attached hydrogens (primary N) is 3. The molecule has 0 radical (unpaired) electrons. The van der Waals surface area contributed by atoms with Crippen LogP contribution in [0.1, 0.15) is 51.9 Å². The lowest BCUT2D eigenvalue weighted by Gasteiger charge is -2.31. The summed E-state index contributed by atoms with van der Waals surface area (Å²) in [5.41, 5.74) is 16.0. The highest BCUT2D eigenvalue weighted by Gasteiger charge is 2.42. The number of carbonyl (C=O) groups excluding carboxylic acids is 8. The standard InChI is InChI=1S/C29H47N9O13/c1-13(41)22(32)26(47)34-15(10-21(31)43)23(44)35-16(11-39)24(45)33-14(6-7-20(30)42)27(48)37-8-2-4-18(37)25(46)36-17(12-40)28(49)38-9-3-5-19(38)29(50)51/h13-19,22,39-41H,2-12,32H2,1H3,(H2,30,42)(H2,31,43)(H,33,45)(H,34,47)(H,35,44)(H,36,46)(H,50,51)/t13-,14+,15+,16+,17+,18+,19+,22+/m1/s1. The van der Waals surface area contributed by atoms with Crippen LogP contribution in [0.5, 0.6) is 0 Å². The third kappa shape index (κ3) is 11.8. The summed E-state index contributed by atoms with van der Waals surface area (Å²) >= 11 is 0. The number of aliphatic carboxylic acids is 1. The van der Waals surface area contributed by atoms with Crippen LogP contribution in [0.25, 0.3) is 0 Å². The van der Waals surface area contributed by atoms with Gasteiger partial charge in [-0.3, -0.25) is 38.4 Å². The van der Waals surface area contributed by atoms with E-state index >= 15 is 0 Å². The molecule has 0 aromatic rings. The molecule has 22 heteroatoms. The fourth-order valence-corrected chi connectivity index (χ4v) is 5.62. The van der Waals surface area contributed by atoms with Crippen LogP contribution in [0, 0.1) is 0 Å². The lowest BCUT2D eigenvalue weighted by molar-refractivity contribution is -0.150. The van der Waals surface area contributed by atoms with Crippen molar-refractivity contribution in [2.75, 3.05) is 26.3 Å². The van der Waals surface area contributed by atoms with Gasteiger partial charge in [-0.1, -0.05) is 0 Å². The lowest BCUT2D eigenvalue weighted by atomic mass is 10.1. The van der Waals surface area contributed by atoms with Gasteiger partial charge in [-0.05, 0) is 39.0 Å². The highest BCUT2D eigenvalue weighted by atomic mass is 16.4. The molecule has 2 saturated heterocycles. The Morgan fingerprint density at radius 1 is 0.706 bits per heavy atom. The van der Waals surface area contributed by atoms with E-state index in [1.807, 2.05) is 0 Å². The van der Waals surface area contributed by atoms with Gasteiger partial charge in [-0.2, -0.15) is 0 Å². The maximum absolute atomic E-state index is 13.7. The first-order valence-corrected chi connectivity index (χ1v) is 16.2. The van der Waals surface area contributed by atoms with Gasteiger partial charge in [-0.15, -0.1) is 0 Å². The third-order valence-electron chi connectivity index (χ3n) is 8.43. The number of primary amides is 2. The highest BCUT2D eigenvalue weighted by molar-refractivity contribution is 5.98. The van der Waals surface area contributed by atoms with Crippen molar-refractivity contribution in [2.45, 2.75) is 100 Å². The smallest absolute Gasteiger partial charge is 0.326 e. The molecule has 0 aromatic carbocycles. The largest absolute Gasteiger partial charge is 0.480 e. The van der Waals surface area contributed by atoms with Crippen LogP contribution in [0.3, 0.4) is 0 Å². The van der Waals surface area contributed by atoms with E-state index in [9.17, 15) is 63.6 Å². The van der Waals surface area contributed by atoms with Crippen LogP contribution in [0.4, 0.5) is 0 Å². The number of amides is 8. The summed E-state index contributed by atoms with van der Waals surface area (Å²) in [5.74, 6) is -9.01. The molecule has 51 heavy (non-hydrogen) atoms. The fraction of sp³-hybridized carbons (Fsp3) is 0.690. The molecule has 0 aromatic heterocycles. The Hall–Kier alpha value is -4.93. The number of hydrogen-bond donors (Lipinski definition) is 11. The van der Waals surface area contributed by atoms with Crippen LogP contribution >= 0.6 is 0 Å². The van der Waals surface area contributed by atoms with Gasteiger partial charge in [0.05, 0.1) is 25.7 Å². The molecule has 2 aliphatic heterocycles. The molecule has 0 unspecified atom stereocenters. The van der Waals surface area contributed by atoms with Crippen LogP contribution < -0.4 is 38.5 Å². The number of likely N-dealkylation sites (tertiary alicyclic amines) is 2. The van der Waals surface area contributed by atoms with Crippen molar-refractivity contribution in [2.24, 2.45) is 17.2 Å². The maximum atomic E-state index is 13.7. The molecule has 14 N–H and O–H groups in total. The van der Waals surface area contributed by atoms with Gasteiger partial charge in [0.2, 0.25) is 47.3 Å². The van der Waals surface area contributed by atoms with Crippen molar-refractivity contribution < 1.29 is 63.6 Å². The zero-order valence-electron chi connectivity index (χ0n) is 28.0. The Kier molecular flexibility index (Phi) is 16.1. The zero-order chi connectivity index (χ0) is 38.6. The molecule has 8 amide bonds. The number of aliphatic hydroxyl groups is 3. The van der Waals surface area contributed by atoms with Crippen molar-refractivity contribution in [3.63, 3.8) is 0 Å². The summed E-state index contributed by atoms with van der Waals surface area (Å²) < 4.78 is 0. The lowest BCUT2D eigenvalue weighted by Crippen LogP contribution is -2.61. The van der Waals surface area contributed by atoms with E-state index in [1.165, 1.54) is 6.92 Å². The molecule has 0 aliphatic carbocycles. The minimum absolute atomic E-state index is 0.00589. The average molecular weight is 730 g/mol. The van der Waals surface area contributed by atoms with Gasteiger partial charge in [-0.25, -0.2) is 4.79 Å². The number of carboxylic acids is 1. The zero-order valence-corrected chi connectivity index (χ0v) is 28.0.